The minimum absolute atomic E-state index is 0.325. The van der Waals surface area contributed by atoms with Crippen LogP contribution in [-0.4, -0.2) is 0 Å². The van der Waals surface area contributed by atoms with Crippen LogP contribution in [0.3, 0.4) is 0 Å². The summed E-state index contributed by atoms with van der Waals surface area (Å²) in [5.74, 6) is -0.325. The average molecular weight is 321 g/mol. The molecule has 84 valence electrons. The van der Waals surface area contributed by atoms with Gasteiger partial charge in [0.2, 0.25) is 0 Å². The molecule has 2 rings (SSSR count). The topological polar surface area (TPSA) is 12.0 Å². The van der Waals surface area contributed by atoms with Crippen molar-refractivity contribution in [3.8, 4) is 0 Å². The molecule has 1 nitrogen and oxygen atoms in total. The van der Waals surface area contributed by atoms with Crippen LogP contribution in [0.1, 0.15) is 5.56 Å². The number of thiophene rings is 1. The van der Waals surface area contributed by atoms with Crippen LogP contribution in [0.25, 0.3) is 0 Å². The fraction of sp³-hybridized carbons (Fsp3) is 0.0909. The molecule has 0 unspecified atom stereocenters. The highest BCUT2D eigenvalue weighted by atomic mass is 79.9. The Labute approximate surface area is 110 Å². The first-order valence-corrected chi connectivity index (χ1v) is 6.62. The van der Waals surface area contributed by atoms with E-state index in [2.05, 4.69) is 26.6 Å². The van der Waals surface area contributed by atoms with E-state index in [1.54, 1.807) is 17.4 Å². The minimum atomic E-state index is -0.325. The van der Waals surface area contributed by atoms with Gasteiger partial charge in [-0.2, -0.15) is 0 Å². The molecule has 2 aromatic rings. The molecule has 1 aromatic heterocycles. The van der Waals surface area contributed by atoms with Crippen molar-refractivity contribution in [1.29, 1.82) is 0 Å². The lowest BCUT2D eigenvalue weighted by molar-refractivity contribution is 0.628. The fourth-order valence-corrected chi connectivity index (χ4v) is 2.71. The summed E-state index contributed by atoms with van der Waals surface area (Å²) in [5, 5.41) is 5.60. The maximum atomic E-state index is 12.8. The Morgan fingerprint density at radius 1 is 1.38 bits per heavy atom. The van der Waals surface area contributed by atoms with Gasteiger partial charge in [-0.15, -0.1) is 11.3 Å². The van der Waals surface area contributed by atoms with E-state index in [1.807, 2.05) is 6.07 Å². The lowest BCUT2D eigenvalue weighted by atomic mass is 10.3. The Hall–Kier alpha value is -0.580. The Morgan fingerprint density at radius 2 is 2.19 bits per heavy atom. The molecule has 16 heavy (non-hydrogen) atoms. The molecule has 0 saturated heterocycles. The van der Waals surface area contributed by atoms with Gasteiger partial charge in [-0.3, -0.25) is 0 Å². The van der Waals surface area contributed by atoms with E-state index in [4.69, 9.17) is 11.6 Å². The molecule has 0 saturated carbocycles. The van der Waals surface area contributed by atoms with Gasteiger partial charge in [0.25, 0.3) is 0 Å². The number of benzene rings is 1. The van der Waals surface area contributed by atoms with Crippen molar-refractivity contribution < 1.29 is 4.39 Å². The smallest absolute Gasteiger partial charge is 0.124 e. The Balaban J connectivity index is 2.04. The SMILES string of the molecule is Fc1ccc(NCc2csc(Br)c2)c(Cl)c1. The zero-order valence-corrected chi connectivity index (χ0v) is 11.3. The van der Waals surface area contributed by atoms with Gasteiger partial charge in [-0.1, -0.05) is 11.6 Å². The average Bonchev–Trinajstić information content (AvgIpc) is 2.63. The van der Waals surface area contributed by atoms with Gasteiger partial charge < -0.3 is 5.32 Å². The van der Waals surface area contributed by atoms with Crippen molar-refractivity contribution >= 4 is 44.6 Å². The number of anilines is 1. The second-order valence-corrected chi connectivity index (χ2v) is 5.93. The highest BCUT2D eigenvalue weighted by Crippen LogP contribution is 2.25. The Kier molecular flexibility index (Phi) is 3.84. The number of nitrogens with one attached hydrogen (secondary N) is 1. The van der Waals surface area contributed by atoms with Gasteiger partial charge in [0.1, 0.15) is 5.82 Å². The van der Waals surface area contributed by atoms with Crippen LogP contribution in [0.5, 0.6) is 0 Å². The molecule has 0 bridgehead atoms. The zero-order valence-electron chi connectivity index (χ0n) is 8.14. The molecule has 0 radical (unpaired) electrons. The lowest BCUT2D eigenvalue weighted by Gasteiger charge is -2.06. The molecule has 0 aliphatic heterocycles. The first kappa shape index (κ1) is 11.9. The number of hydrogen-bond donors (Lipinski definition) is 1. The molecular weight excluding hydrogens is 313 g/mol. The van der Waals surface area contributed by atoms with Crippen LogP contribution in [-0.2, 0) is 6.54 Å². The summed E-state index contributed by atoms with van der Waals surface area (Å²) in [6.45, 7) is 0.674. The molecule has 0 aliphatic rings. The molecule has 0 amide bonds. The molecule has 0 atom stereocenters. The molecule has 0 aliphatic carbocycles. The largest absolute Gasteiger partial charge is 0.380 e. The number of rotatable bonds is 3. The first-order valence-electron chi connectivity index (χ1n) is 4.57. The van der Waals surface area contributed by atoms with Gasteiger partial charge >= 0.3 is 0 Å². The molecule has 0 fully saturated rings. The van der Waals surface area contributed by atoms with E-state index in [1.165, 1.54) is 12.1 Å². The van der Waals surface area contributed by atoms with Crippen LogP contribution in [0, 0.1) is 5.82 Å². The van der Waals surface area contributed by atoms with Crippen LogP contribution in [0.15, 0.2) is 33.4 Å². The Morgan fingerprint density at radius 3 is 2.81 bits per heavy atom. The fourth-order valence-electron chi connectivity index (χ4n) is 1.27. The van der Waals surface area contributed by atoms with E-state index in [0.29, 0.717) is 11.6 Å². The van der Waals surface area contributed by atoms with Gasteiger partial charge in [0.05, 0.1) is 14.5 Å². The zero-order chi connectivity index (χ0) is 11.5. The van der Waals surface area contributed by atoms with Crippen molar-refractivity contribution in [3.63, 3.8) is 0 Å². The van der Waals surface area contributed by atoms with Crippen molar-refractivity contribution in [3.05, 3.63) is 49.8 Å². The van der Waals surface area contributed by atoms with Crippen molar-refractivity contribution in [1.82, 2.24) is 0 Å². The molecule has 1 N–H and O–H groups in total. The predicted molar refractivity (Wildman–Crippen MR) is 70.8 cm³/mol. The van der Waals surface area contributed by atoms with Crippen LogP contribution in [0.4, 0.5) is 10.1 Å². The normalized spacial score (nSPS) is 10.4. The van der Waals surface area contributed by atoms with Crippen molar-refractivity contribution in [2.24, 2.45) is 0 Å². The summed E-state index contributed by atoms with van der Waals surface area (Å²) in [4.78, 5) is 0. The monoisotopic (exact) mass is 319 g/mol. The summed E-state index contributed by atoms with van der Waals surface area (Å²) >= 11 is 10.9. The maximum Gasteiger partial charge on any atom is 0.124 e. The summed E-state index contributed by atoms with van der Waals surface area (Å²) in [7, 11) is 0. The third-order valence-electron chi connectivity index (χ3n) is 2.04. The Bertz CT molecular complexity index is 500. The van der Waals surface area contributed by atoms with Crippen LogP contribution >= 0.6 is 38.9 Å². The van der Waals surface area contributed by atoms with Crippen molar-refractivity contribution in [2.45, 2.75) is 6.54 Å². The summed E-state index contributed by atoms with van der Waals surface area (Å²) in [5.41, 5.74) is 1.91. The predicted octanol–water partition coefficient (Wildman–Crippen LogP) is 4.92. The van der Waals surface area contributed by atoms with E-state index < -0.39 is 0 Å². The van der Waals surface area contributed by atoms with E-state index in [-0.39, 0.29) is 5.82 Å². The van der Waals surface area contributed by atoms with Crippen LogP contribution in [0.2, 0.25) is 5.02 Å². The molecular formula is C11H8BrClFNS. The minimum Gasteiger partial charge on any atom is -0.380 e. The molecule has 0 spiro atoms. The highest BCUT2D eigenvalue weighted by molar-refractivity contribution is 9.11. The molecule has 1 aromatic carbocycles. The van der Waals surface area contributed by atoms with Gasteiger partial charge in [0.15, 0.2) is 0 Å². The third kappa shape index (κ3) is 2.97. The quantitative estimate of drug-likeness (QED) is 0.847. The highest BCUT2D eigenvalue weighted by Gasteiger charge is 2.02. The molecule has 5 heteroatoms. The van der Waals surface area contributed by atoms with Crippen LogP contribution < -0.4 is 5.32 Å². The van der Waals surface area contributed by atoms with Gasteiger partial charge in [0, 0.05) is 6.54 Å². The summed E-state index contributed by atoms with van der Waals surface area (Å²) in [6.07, 6.45) is 0. The second kappa shape index (κ2) is 5.17. The summed E-state index contributed by atoms with van der Waals surface area (Å²) < 4.78 is 13.9. The third-order valence-corrected chi connectivity index (χ3v) is 3.90. The van der Waals surface area contributed by atoms with Crippen molar-refractivity contribution in [2.75, 3.05) is 5.32 Å². The number of halogens is 3. The van der Waals surface area contributed by atoms with E-state index in [0.717, 1.165) is 15.0 Å². The standard InChI is InChI=1S/C11H8BrClFNS/c12-11-3-7(6-16-11)5-15-10-2-1-8(14)4-9(10)13/h1-4,6,15H,5H2. The van der Waals surface area contributed by atoms with Gasteiger partial charge in [-0.25, -0.2) is 4.39 Å². The van der Waals surface area contributed by atoms with E-state index in [9.17, 15) is 4.39 Å². The second-order valence-electron chi connectivity index (χ2n) is 3.24. The lowest BCUT2D eigenvalue weighted by Crippen LogP contribution is -1.98. The molecule has 1 heterocycles. The maximum absolute atomic E-state index is 12.8. The first-order chi connectivity index (χ1) is 7.65. The van der Waals surface area contributed by atoms with Gasteiger partial charge in [-0.05, 0) is 51.1 Å². The van der Waals surface area contributed by atoms with E-state index >= 15 is 0 Å². The summed E-state index contributed by atoms with van der Waals surface area (Å²) in [6, 6.07) is 6.36. The number of hydrogen-bond acceptors (Lipinski definition) is 2.